The Morgan fingerprint density at radius 1 is 0.973 bits per heavy atom. The topological polar surface area (TPSA) is 94.5 Å². The van der Waals surface area contributed by atoms with E-state index in [1.165, 1.54) is 4.90 Å². The van der Waals surface area contributed by atoms with Crippen LogP contribution >= 0.6 is 0 Å². The van der Waals surface area contributed by atoms with Crippen molar-refractivity contribution >= 4 is 23.1 Å². The number of Topliss-reactive ketones (excluding diaryl/α,β-unsaturated/α-hetero) is 1. The molecule has 0 radical (unpaired) electrons. The number of carbonyl (C=O) groups is 2. The maximum absolute atomic E-state index is 13.4. The number of ether oxygens (including phenoxy) is 4. The Labute approximate surface area is 214 Å². The van der Waals surface area contributed by atoms with E-state index >= 15 is 0 Å². The molecule has 37 heavy (non-hydrogen) atoms. The van der Waals surface area contributed by atoms with Gasteiger partial charge in [0.05, 0.1) is 24.3 Å². The molecule has 1 amide bonds. The van der Waals surface area contributed by atoms with Crippen molar-refractivity contribution in [2.75, 3.05) is 18.3 Å². The molecule has 2 aliphatic heterocycles. The highest BCUT2D eigenvalue weighted by molar-refractivity contribution is 6.51. The first-order chi connectivity index (χ1) is 17.9. The van der Waals surface area contributed by atoms with Crippen LogP contribution in [-0.4, -0.2) is 36.3 Å². The number of anilines is 1. The van der Waals surface area contributed by atoms with Crippen molar-refractivity contribution in [3.8, 4) is 23.0 Å². The van der Waals surface area contributed by atoms with Crippen LogP contribution in [0.5, 0.6) is 23.0 Å². The van der Waals surface area contributed by atoms with Crippen LogP contribution in [0, 0.1) is 0 Å². The number of nitrogens with zero attached hydrogens (tertiary/aromatic N) is 1. The van der Waals surface area contributed by atoms with Crippen molar-refractivity contribution in [2.45, 2.75) is 32.9 Å². The smallest absolute Gasteiger partial charge is 0.300 e. The summed E-state index contributed by atoms with van der Waals surface area (Å²) >= 11 is 0. The zero-order valence-corrected chi connectivity index (χ0v) is 20.8. The molecule has 0 aromatic heterocycles. The Morgan fingerprint density at radius 3 is 2.32 bits per heavy atom. The summed E-state index contributed by atoms with van der Waals surface area (Å²) in [5.41, 5.74) is 1.48. The van der Waals surface area contributed by atoms with E-state index in [1.54, 1.807) is 66.7 Å². The van der Waals surface area contributed by atoms with Gasteiger partial charge in [-0.3, -0.25) is 14.5 Å². The van der Waals surface area contributed by atoms with Gasteiger partial charge in [0, 0.05) is 17.3 Å². The number of rotatable bonds is 7. The van der Waals surface area contributed by atoms with E-state index in [0.717, 1.165) is 0 Å². The number of hydrogen-bond donors (Lipinski definition) is 1. The molecule has 190 valence electrons. The van der Waals surface area contributed by atoms with Crippen molar-refractivity contribution in [3.05, 3.63) is 83.4 Å². The van der Waals surface area contributed by atoms with Gasteiger partial charge in [-0.25, -0.2) is 0 Å². The summed E-state index contributed by atoms with van der Waals surface area (Å²) in [5, 5.41) is 11.3. The van der Waals surface area contributed by atoms with Crippen LogP contribution in [0.25, 0.3) is 5.76 Å². The molecule has 8 heteroatoms. The first-order valence-electron chi connectivity index (χ1n) is 12.1. The first kappa shape index (κ1) is 24.2. The Morgan fingerprint density at radius 2 is 1.65 bits per heavy atom. The average Bonchev–Trinajstić information content (AvgIpc) is 3.46. The Kier molecular flexibility index (Phi) is 6.48. The highest BCUT2D eigenvalue weighted by atomic mass is 16.7. The number of ketones is 1. The predicted molar refractivity (Wildman–Crippen MR) is 137 cm³/mol. The molecule has 1 fully saturated rings. The number of benzene rings is 3. The van der Waals surface area contributed by atoms with Crippen LogP contribution in [-0.2, 0) is 9.59 Å². The third-order valence-corrected chi connectivity index (χ3v) is 6.09. The fourth-order valence-corrected chi connectivity index (χ4v) is 4.48. The van der Waals surface area contributed by atoms with Crippen LogP contribution in [0.1, 0.15) is 37.9 Å². The molecule has 0 bridgehead atoms. The van der Waals surface area contributed by atoms with E-state index in [0.29, 0.717) is 46.4 Å². The van der Waals surface area contributed by atoms with Gasteiger partial charge in [0.1, 0.15) is 17.3 Å². The minimum Gasteiger partial charge on any atom is -0.507 e. The van der Waals surface area contributed by atoms with Crippen LogP contribution in [0.4, 0.5) is 5.69 Å². The molecule has 8 nitrogen and oxygen atoms in total. The summed E-state index contributed by atoms with van der Waals surface area (Å²) < 4.78 is 22.1. The molecule has 0 saturated carbocycles. The number of amides is 1. The summed E-state index contributed by atoms with van der Waals surface area (Å²) in [6, 6.07) is 18.1. The molecule has 2 aliphatic rings. The van der Waals surface area contributed by atoms with E-state index in [2.05, 4.69) is 0 Å². The second kappa shape index (κ2) is 9.89. The highest BCUT2D eigenvalue weighted by Crippen LogP contribution is 2.45. The second-order valence-corrected chi connectivity index (χ2v) is 8.90. The zero-order valence-electron chi connectivity index (χ0n) is 20.8. The van der Waals surface area contributed by atoms with Gasteiger partial charge < -0.3 is 24.1 Å². The van der Waals surface area contributed by atoms with E-state index in [-0.39, 0.29) is 24.2 Å². The quantitative estimate of drug-likeness (QED) is 0.269. The van der Waals surface area contributed by atoms with Gasteiger partial charge in [0.15, 0.2) is 11.5 Å². The minimum absolute atomic E-state index is 0.00946. The number of hydrogen-bond acceptors (Lipinski definition) is 7. The SMILES string of the molecule is CCOc1ccc(/C(O)=C2\C(=O)C(=O)N(c3ccc4c(c3)OCO4)C2c2ccc(OC(C)C)cc2)cc1. The van der Waals surface area contributed by atoms with Gasteiger partial charge in [0.2, 0.25) is 6.79 Å². The maximum Gasteiger partial charge on any atom is 0.300 e. The highest BCUT2D eigenvalue weighted by Gasteiger charge is 2.47. The third kappa shape index (κ3) is 4.58. The van der Waals surface area contributed by atoms with E-state index < -0.39 is 17.7 Å². The summed E-state index contributed by atoms with van der Waals surface area (Å²) in [7, 11) is 0. The fraction of sp³-hybridized carbons (Fsp3) is 0.241. The summed E-state index contributed by atoms with van der Waals surface area (Å²) in [4.78, 5) is 28.2. The lowest BCUT2D eigenvalue weighted by Crippen LogP contribution is -2.29. The van der Waals surface area contributed by atoms with Gasteiger partial charge in [0.25, 0.3) is 11.7 Å². The third-order valence-electron chi connectivity index (χ3n) is 6.09. The summed E-state index contributed by atoms with van der Waals surface area (Å²) in [6.07, 6.45) is -0.00946. The van der Waals surface area contributed by atoms with Crippen LogP contribution in [0.2, 0.25) is 0 Å². The van der Waals surface area contributed by atoms with Crippen molar-refractivity contribution in [2.24, 2.45) is 0 Å². The molecule has 2 heterocycles. The van der Waals surface area contributed by atoms with E-state index in [4.69, 9.17) is 18.9 Å². The summed E-state index contributed by atoms with van der Waals surface area (Å²) in [5.74, 6) is 0.529. The molecule has 0 aliphatic carbocycles. The van der Waals surface area contributed by atoms with Crippen molar-refractivity contribution in [1.29, 1.82) is 0 Å². The van der Waals surface area contributed by atoms with Crippen LogP contribution in [0.3, 0.4) is 0 Å². The number of aliphatic hydroxyl groups is 1. The van der Waals surface area contributed by atoms with Gasteiger partial charge >= 0.3 is 0 Å². The molecule has 3 aromatic rings. The van der Waals surface area contributed by atoms with Crippen molar-refractivity contribution in [1.82, 2.24) is 0 Å². The number of aliphatic hydroxyl groups excluding tert-OH is 1. The molecular weight excluding hydrogens is 474 g/mol. The molecular formula is C29H27NO7. The van der Waals surface area contributed by atoms with Crippen LogP contribution < -0.4 is 23.8 Å². The zero-order chi connectivity index (χ0) is 26.1. The maximum atomic E-state index is 13.4. The lowest BCUT2D eigenvalue weighted by atomic mass is 9.95. The van der Waals surface area contributed by atoms with Crippen LogP contribution in [0.15, 0.2) is 72.3 Å². The molecule has 1 saturated heterocycles. The Hall–Kier alpha value is -4.46. The second-order valence-electron chi connectivity index (χ2n) is 8.90. The van der Waals surface area contributed by atoms with Crippen molar-refractivity contribution < 1.29 is 33.6 Å². The van der Waals surface area contributed by atoms with E-state index in [1.807, 2.05) is 20.8 Å². The van der Waals surface area contributed by atoms with Crippen molar-refractivity contribution in [3.63, 3.8) is 0 Å². The minimum atomic E-state index is -0.875. The monoisotopic (exact) mass is 501 g/mol. The largest absolute Gasteiger partial charge is 0.507 e. The van der Waals surface area contributed by atoms with Gasteiger partial charge in [-0.05, 0) is 74.9 Å². The lowest BCUT2D eigenvalue weighted by molar-refractivity contribution is -0.132. The molecule has 5 rings (SSSR count). The molecule has 1 atom stereocenters. The Bertz CT molecular complexity index is 1360. The molecule has 0 spiro atoms. The standard InChI is InChI=1S/C29H27NO7/c1-4-34-21-10-7-19(8-11-21)27(31)25-26(18-5-12-22(13-6-18)37-17(2)3)30(29(33)28(25)32)20-9-14-23-24(15-20)36-16-35-23/h5-15,17,26,31H,4,16H2,1-3H3/b27-25+. The molecule has 1 unspecified atom stereocenters. The fourth-order valence-electron chi connectivity index (χ4n) is 4.48. The normalized spacial score (nSPS) is 17.9. The van der Waals surface area contributed by atoms with E-state index in [9.17, 15) is 14.7 Å². The van der Waals surface area contributed by atoms with Gasteiger partial charge in [-0.1, -0.05) is 12.1 Å². The van der Waals surface area contributed by atoms with Gasteiger partial charge in [-0.15, -0.1) is 0 Å². The Balaban J connectivity index is 1.63. The first-order valence-corrected chi connectivity index (χ1v) is 12.1. The predicted octanol–water partition coefficient (Wildman–Crippen LogP) is 5.23. The number of fused-ring (bicyclic) bond motifs is 1. The number of carbonyl (C=O) groups excluding carboxylic acids is 2. The lowest BCUT2D eigenvalue weighted by Gasteiger charge is -2.26. The summed E-state index contributed by atoms with van der Waals surface area (Å²) in [6.45, 7) is 6.32. The van der Waals surface area contributed by atoms with Gasteiger partial charge in [-0.2, -0.15) is 0 Å². The molecule has 1 N–H and O–H groups in total. The average molecular weight is 502 g/mol. The molecule has 3 aromatic carbocycles.